The van der Waals surface area contributed by atoms with Gasteiger partial charge in [-0.05, 0) is 25.9 Å². The van der Waals surface area contributed by atoms with Crippen molar-refractivity contribution in [2.24, 2.45) is 5.92 Å². The van der Waals surface area contributed by atoms with E-state index in [4.69, 9.17) is 4.74 Å². The molecule has 2 rings (SSSR count). The number of aromatic nitrogens is 2. The third-order valence-electron chi connectivity index (χ3n) is 3.14. The van der Waals surface area contributed by atoms with Gasteiger partial charge in [-0.1, -0.05) is 0 Å². The summed E-state index contributed by atoms with van der Waals surface area (Å²) < 4.78 is 6.74. The van der Waals surface area contributed by atoms with Gasteiger partial charge in [-0.15, -0.1) is 12.4 Å². The maximum absolute atomic E-state index is 12.0. The molecule has 0 atom stereocenters. The maximum Gasteiger partial charge on any atom is 0.227 e. The first-order chi connectivity index (χ1) is 8.79. The lowest BCUT2D eigenvalue weighted by atomic mass is 9.97. The predicted molar refractivity (Wildman–Crippen MR) is 75.6 cm³/mol. The molecule has 0 radical (unpaired) electrons. The topological polar surface area (TPSA) is 68.2 Å². The van der Waals surface area contributed by atoms with Crippen LogP contribution in [0.5, 0.6) is 0 Å². The smallest absolute Gasteiger partial charge is 0.227 e. The summed E-state index contributed by atoms with van der Waals surface area (Å²) in [5.41, 5.74) is 0.759. The first-order valence-electron chi connectivity index (χ1n) is 6.32. The largest absolute Gasteiger partial charge is 0.383 e. The normalized spacial score (nSPS) is 15.8. The second kappa shape index (κ2) is 8.14. The summed E-state index contributed by atoms with van der Waals surface area (Å²) in [5.74, 6) is 0.219. The van der Waals surface area contributed by atoms with Gasteiger partial charge in [-0.3, -0.25) is 9.48 Å². The van der Waals surface area contributed by atoms with E-state index in [1.165, 1.54) is 0 Å². The highest BCUT2D eigenvalue weighted by molar-refractivity contribution is 5.92. The van der Waals surface area contributed by atoms with Crippen LogP contribution in [0.1, 0.15) is 12.8 Å². The zero-order chi connectivity index (χ0) is 12.8. The van der Waals surface area contributed by atoms with E-state index in [2.05, 4.69) is 15.7 Å². The maximum atomic E-state index is 12.0. The lowest BCUT2D eigenvalue weighted by molar-refractivity contribution is -0.120. The molecule has 0 aromatic carbocycles. The summed E-state index contributed by atoms with van der Waals surface area (Å²) in [6.45, 7) is 3.15. The molecule has 0 spiro atoms. The van der Waals surface area contributed by atoms with Crippen LogP contribution in [0.25, 0.3) is 0 Å². The van der Waals surface area contributed by atoms with Crippen LogP contribution < -0.4 is 10.6 Å². The van der Waals surface area contributed by atoms with Gasteiger partial charge < -0.3 is 15.4 Å². The molecule has 0 saturated carbocycles. The summed E-state index contributed by atoms with van der Waals surface area (Å²) >= 11 is 0. The molecular weight excluding hydrogens is 268 g/mol. The van der Waals surface area contributed by atoms with Crippen molar-refractivity contribution in [3.8, 4) is 0 Å². The minimum atomic E-state index is 0. The molecule has 1 fully saturated rings. The minimum Gasteiger partial charge on any atom is -0.383 e. The number of methoxy groups -OCH3 is 1. The van der Waals surface area contributed by atoms with Crippen molar-refractivity contribution in [1.29, 1.82) is 0 Å². The predicted octanol–water partition coefficient (Wildman–Crippen LogP) is 0.889. The number of carbonyl (C=O) groups excluding carboxylic acids is 1. The molecule has 0 aliphatic carbocycles. The highest BCUT2D eigenvalue weighted by Crippen LogP contribution is 2.15. The average molecular weight is 289 g/mol. The molecule has 1 aliphatic heterocycles. The van der Waals surface area contributed by atoms with Crippen LogP contribution in [0.3, 0.4) is 0 Å². The van der Waals surface area contributed by atoms with Gasteiger partial charge in [0, 0.05) is 19.2 Å². The molecular formula is C12H21ClN4O2. The Labute approximate surface area is 119 Å². The van der Waals surface area contributed by atoms with E-state index >= 15 is 0 Å². The SMILES string of the molecule is COCCn1cc(NC(=O)C2CCNCC2)cn1.Cl. The monoisotopic (exact) mass is 288 g/mol. The van der Waals surface area contributed by atoms with Crippen LogP contribution in [0.2, 0.25) is 0 Å². The number of nitrogens with zero attached hydrogens (tertiary/aromatic N) is 2. The van der Waals surface area contributed by atoms with Crippen LogP contribution in [0, 0.1) is 5.92 Å². The number of ether oxygens (including phenoxy) is 1. The van der Waals surface area contributed by atoms with E-state index in [0.717, 1.165) is 31.6 Å². The van der Waals surface area contributed by atoms with Crippen LogP contribution >= 0.6 is 12.4 Å². The van der Waals surface area contributed by atoms with Crippen molar-refractivity contribution in [2.75, 3.05) is 32.1 Å². The Balaban J connectivity index is 0.00000180. The first-order valence-corrected chi connectivity index (χ1v) is 6.32. The number of carbonyl (C=O) groups is 1. The fourth-order valence-electron chi connectivity index (χ4n) is 2.06. The first kappa shape index (κ1) is 15.9. The molecule has 1 aliphatic rings. The number of halogens is 1. The van der Waals surface area contributed by atoms with E-state index in [-0.39, 0.29) is 24.2 Å². The molecule has 7 heteroatoms. The molecule has 19 heavy (non-hydrogen) atoms. The molecule has 2 N–H and O–H groups in total. The van der Waals surface area contributed by atoms with Crippen LogP contribution in [-0.2, 0) is 16.1 Å². The van der Waals surface area contributed by atoms with Crippen molar-refractivity contribution in [3.63, 3.8) is 0 Å². The number of hydrogen-bond acceptors (Lipinski definition) is 4. The van der Waals surface area contributed by atoms with Crippen LogP contribution in [-0.4, -0.2) is 42.5 Å². The van der Waals surface area contributed by atoms with Crippen molar-refractivity contribution in [3.05, 3.63) is 12.4 Å². The molecule has 0 unspecified atom stereocenters. The Kier molecular flexibility index (Phi) is 6.83. The Hall–Kier alpha value is -1.11. The van der Waals surface area contributed by atoms with Crippen LogP contribution in [0.15, 0.2) is 12.4 Å². The van der Waals surface area contributed by atoms with Crippen molar-refractivity contribution >= 4 is 24.0 Å². The third kappa shape index (κ3) is 4.81. The van der Waals surface area contributed by atoms with E-state index in [9.17, 15) is 4.79 Å². The molecule has 0 bridgehead atoms. The fourth-order valence-corrected chi connectivity index (χ4v) is 2.06. The van der Waals surface area contributed by atoms with E-state index in [0.29, 0.717) is 13.2 Å². The number of piperidine rings is 1. The van der Waals surface area contributed by atoms with Crippen molar-refractivity contribution < 1.29 is 9.53 Å². The molecule has 1 aromatic rings. The van der Waals surface area contributed by atoms with E-state index in [1.54, 1.807) is 18.0 Å². The summed E-state index contributed by atoms with van der Waals surface area (Å²) in [6.07, 6.45) is 5.32. The molecule has 108 valence electrons. The van der Waals surface area contributed by atoms with Gasteiger partial charge in [0.2, 0.25) is 5.91 Å². The standard InChI is InChI=1S/C12H20N4O2.ClH/c1-18-7-6-16-9-11(8-14-16)15-12(17)10-2-4-13-5-3-10;/h8-10,13H,2-7H2,1H3,(H,15,17);1H. The van der Waals surface area contributed by atoms with Gasteiger partial charge in [-0.2, -0.15) is 5.10 Å². The lowest BCUT2D eigenvalue weighted by Crippen LogP contribution is -2.34. The number of anilines is 1. The second-order valence-corrected chi connectivity index (χ2v) is 4.50. The summed E-state index contributed by atoms with van der Waals surface area (Å²) in [5, 5.41) is 10.3. The summed E-state index contributed by atoms with van der Waals surface area (Å²) in [6, 6.07) is 0. The lowest BCUT2D eigenvalue weighted by Gasteiger charge is -2.21. The van der Waals surface area contributed by atoms with Gasteiger partial charge in [-0.25, -0.2) is 0 Å². The van der Waals surface area contributed by atoms with Crippen LogP contribution in [0.4, 0.5) is 5.69 Å². The Bertz CT molecular complexity index is 391. The highest BCUT2D eigenvalue weighted by atomic mass is 35.5. The molecule has 1 saturated heterocycles. The zero-order valence-corrected chi connectivity index (χ0v) is 11.9. The Morgan fingerprint density at radius 3 is 3.00 bits per heavy atom. The fraction of sp³-hybridized carbons (Fsp3) is 0.667. The minimum absolute atomic E-state index is 0. The second-order valence-electron chi connectivity index (χ2n) is 4.50. The molecule has 1 amide bonds. The Morgan fingerprint density at radius 2 is 2.32 bits per heavy atom. The molecule has 2 heterocycles. The van der Waals surface area contributed by atoms with Gasteiger partial charge >= 0.3 is 0 Å². The number of amides is 1. The average Bonchev–Trinajstić information content (AvgIpc) is 2.85. The molecule has 1 aromatic heterocycles. The van der Waals surface area contributed by atoms with Crippen molar-refractivity contribution in [1.82, 2.24) is 15.1 Å². The molecule has 6 nitrogen and oxygen atoms in total. The van der Waals surface area contributed by atoms with E-state index in [1.807, 2.05) is 6.20 Å². The van der Waals surface area contributed by atoms with E-state index < -0.39 is 0 Å². The highest BCUT2D eigenvalue weighted by Gasteiger charge is 2.21. The van der Waals surface area contributed by atoms with Gasteiger partial charge in [0.25, 0.3) is 0 Å². The summed E-state index contributed by atoms with van der Waals surface area (Å²) in [4.78, 5) is 12.0. The van der Waals surface area contributed by atoms with Gasteiger partial charge in [0.15, 0.2) is 0 Å². The zero-order valence-electron chi connectivity index (χ0n) is 11.1. The van der Waals surface area contributed by atoms with Crippen molar-refractivity contribution in [2.45, 2.75) is 19.4 Å². The Morgan fingerprint density at radius 1 is 1.58 bits per heavy atom. The van der Waals surface area contributed by atoms with Gasteiger partial charge in [0.05, 0.1) is 25.0 Å². The quantitative estimate of drug-likeness (QED) is 0.844. The van der Waals surface area contributed by atoms with Gasteiger partial charge in [0.1, 0.15) is 0 Å². The third-order valence-corrected chi connectivity index (χ3v) is 3.14. The number of rotatable bonds is 5. The number of nitrogens with one attached hydrogen (secondary N) is 2. The number of hydrogen-bond donors (Lipinski definition) is 2. The summed E-state index contributed by atoms with van der Waals surface area (Å²) in [7, 11) is 1.66.